The van der Waals surface area contributed by atoms with Crippen molar-refractivity contribution in [2.45, 2.75) is 38.1 Å². The number of rotatable bonds is 5. The number of hydrogen-bond donors (Lipinski definition) is 0. The Morgan fingerprint density at radius 3 is 2.66 bits per heavy atom. The molecule has 0 saturated carbocycles. The zero-order chi connectivity index (χ0) is 20.5. The molecule has 158 valence electrons. The summed E-state index contributed by atoms with van der Waals surface area (Å²) in [5.74, 6) is 2.09. The highest BCUT2D eigenvalue weighted by atomic mass is 16.5. The Kier molecular flexibility index (Phi) is 5.72. The maximum Gasteiger partial charge on any atom is 0.270 e. The van der Waals surface area contributed by atoms with Crippen molar-refractivity contribution in [3.05, 3.63) is 23.9 Å². The number of fused-ring (bicyclic) bond motifs is 2. The standard InChI is InChI=1S/C23H33N3O3/c1-24(15-16-8-7-11-26-10-6-5-9-19(16)26)23(27)21-14-18-20(25(21)2)12-17(28-3)13-22(18)29-4/h12-14,16,19H,5-11,15H2,1-4H3. The summed E-state index contributed by atoms with van der Waals surface area (Å²) in [7, 11) is 7.17. The fourth-order valence-electron chi connectivity index (χ4n) is 5.29. The van der Waals surface area contributed by atoms with Gasteiger partial charge in [-0.25, -0.2) is 0 Å². The quantitative estimate of drug-likeness (QED) is 0.772. The smallest absolute Gasteiger partial charge is 0.270 e. The van der Waals surface area contributed by atoms with Crippen molar-refractivity contribution >= 4 is 16.8 Å². The van der Waals surface area contributed by atoms with E-state index in [4.69, 9.17) is 9.47 Å². The van der Waals surface area contributed by atoms with Gasteiger partial charge in [-0.3, -0.25) is 4.79 Å². The topological polar surface area (TPSA) is 46.9 Å². The number of carbonyl (C=O) groups is 1. The number of carbonyl (C=O) groups excluding carboxylic acids is 1. The second-order valence-electron chi connectivity index (χ2n) is 8.54. The summed E-state index contributed by atoms with van der Waals surface area (Å²) in [4.78, 5) is 17.9. The third kappa shape index (κ3) is 3.70. The fourth-order valence-corrected chi connectivity index (χ4v) is 5.29. The van der Waals surface area contributed by atoms with Crippen LogP contribution in [0.25, 0.3) is 10.9 Å². The highest BCUT2D eigenvalue weighted by molar-refractivity contribution is 6.00. The van der Waals surface area contributed by atoms with Crippen LogP contribution in [0.3, 0.4) is 0 Å². The van der Waals surface area contributed by atoms with Gasteiger partial charge in [0.15, 0.2) is 0 Å². The maximum absolute atomic E-state index is 13.3. The first-order chi connectivity index (χ1) is 14.0. The average Bonchev–Trinajstić information content (AvgIpc) is 3.09. The zero-order valence-corrected chi connectivity index (χ0v) is 18.1. The number of amides is 1. The number of piperidine rings is 2. The van der Waals surface area contributed by atoms with Gasteiger partial charge in [0.25, 0.3) is 5.91 Å². The van der Waals surface area contributed by atoms with Crippen molar-refractivity contribution in [2.75, 3.05) is 40.9 Å². The molecule has 0 N–H and O–H groups in total. The molecule has 3 heterocycles. The molecule has 1 aromatic heterocycles. The summed E-state index contributed by atoms with van der Waals surface area (Å²) in [6.45, 7) is 3.27. The van der Waals surface area contributed by atoms with Crippen molar-refractivity contribution in [1.82, 2.24) is 14.4 Å². The number of methoxy groups -OCH3 is 2. The monoisotopic (exact) mass is 399 g/mol. The van der Waals surface area contributed by atoms with E-state index in [0.717, 1.165) is 28.9 Å². The van der Waals surface area contributed by atoms with Gasteiger partial charge in [-0.1, -0.05) is 6.42 Å². The lowest BCUT2D eigenvalue weighted by molar-refractivity contribution is 0.0400. The first-order valence-corrected chi connectivity index (χ1v) is 10.7. The molecule has 1 aromatic carbocycles. The summed E-state index contributed by atoms with van der Waals surface area (Å²) < 4.78 is 12.9. The second-order valence-corrected chi connectivity index (χ2v) is 8.54. The Hall–Kier alpha value is -2.21. The fraction of sp³-hybridized carbons (Fsp3) is 0.609. The molecule has 2 aromatic rings. The van der Waals surface area contributed by atoms with Crippen LogP contribution in [0.4, 0.5) is 0 Å². The highest BCUT2D eigenvalue weighted by Gasteiger charge is 2.34. The van der Waals surface area contributed by atoms with Crippen LogP contribution in [0, 0.1) is 5.92 Å². The molecule has 0 aliphatic carbocycles. The van der Waals surface area contributed by atoms with E-state index in [9.17, 15) is 4.79 Å². The van der Waals surface area contributed by atoms with Crippen molar-refractivity contribution in [3.63, 3.8) is 0 Å². The van der Waals surface area contributed by atoms with Crippen LogP contribution < -0.4 is 9.47 Å². The molecule has 2 atom stereocenters. The molecule has 29 heavy (non-hydrogen) atoms. The molecule has 2 aliphatic heterocycles. The van der Waals surface area contributed by atoms with E-state index in [-0.39, 0.29) is 5.91 Å². The summed E-state index contributed by atoms with van der Waals surface area (Å²) in [5.41, 5.74) is 1.62. The number of hydrogen-bond acceptors (Lipinski definition) is 4. The molecule has 1 amide bonds. The molecule has 0 spiro atoms. The molecule has 2 saturated heterocycles. The Morgan fingerprint density at radius 2 is 1.90 bits per heavy atom. The lowest BCUT2D eigenvalue weighted by Gasteiger charge is -2.45. The van der Waals surface area contributed by atoms with E-state index in [0.29, 0.717) is 17.7 Å². The van der Waals surface area contributed by atoms with Crippen LogP contribution >= 0.6 is 0 Å². The molecule has 0 radical (unpaired) electrons. The van der Waals surface area contributed by atoms with Crippen LogP contribution in [0.2, 0.25) is 0 Å². The lowest BCUT2D eigenvalue weighted by atomic mass is 9.83. The second kappa shape index (κ2) is 8.27. The van der Waals surface area contributed by atoms with Crippen molar-refractivity contribution < 1.29 is 14.3 Å². The largest absolute Gasteiger partial charge is 0.497 e. The van der Waals surface area contributed by atoms with Crippen molar-refractivity contribution in [1.29, 1.82) is 0 Å². The van der Waals surface area contributed by atoms with Gasteiger partial charge in [0.1, 0.15) is 17.2 Å². The molecule has 2 fully saturated rings. The average molecular weight is 400 g/mol. The van der Waals surface area contributed by atoms with Gasteiger partial charge in [0.05, 0.1) is 19.7 Å². The third-order valence-corrected chi connectivity index (χ3v) is 6.86. The number of nitrogens with zero attached hydrogens (tertiary/aromatic N) is 3. The van der Waals surface area contributed by atoms with E-state index >= 15 is 0 Å². The van der Waals surface area contributed by atoms with Gasteiger partial charge in [-0.15, -0.1) is 0 Å². The number of benzene rings is 1. The molecular weight excluding hydrogens is 366 g/mol. The first-order valence-electron chi connectivity index (χ1n) is 10.7. The summed E-state index contributed by atoms with van der Waals surface area (Å²) in [6, 6.07) is 6.40. The minimum absolute atomic E-state index is 0.0673. The van der Waals surface area contributed by atoms with Crippen LogP contribution in [-0.4, -0.2) is 67.2 Å². The van der Waals surface area contributed by atoms with Gasteiger partial charge in [-0.05, 0) is 50.8 Å². The Morgan fingerprint density at radius 1 is 1.10 bits per heavy atom. The predicted octanol–water partition coefficient (Wildman–Crippen LogP) is 3.53. The Labute approximate surface area is 173 Å². The van der Waals surface area contributed by atoms with Crippen LogP contribution in [0.5, 0.6) is 11.5 Å². The summed E-state index contributed by atoms with van der Waals surface area (Å²) >= 11 is 0. The summed E-state index contributed by atoms with van der Waals surface area (Å²) in [6.07, 6.45) is 6.38. The molecule has 6 nitrogen and oxygen atoms in total. The molecule has 4 rings (SSSR count). The molecule has 2 unspecified atom stereocenters. The zero-order valence-electron chi connectivity index (χ0n) is 18.1. The number of aromatic nitrogens is 1. The van der Waals surface area contributed by atoms with Gasteiger partial charge in [-0.2, -0.15) is 0 Å². The van der Waals surface area contributed by atoms with E-state index in [1.54, 1.807) is 14.2 Å². The number of ether oxygens (including phenoxy) is 2. The third-order valence-electron chi connectivity index (χ3n) is 6.86. The summed E-state index contributed by atoms with van der Waals surface area (Å²) in [5, 5.41) is 0.934. The van der Waals surface area contributed by atoms with Gasteiger partial charge >= 0.3 is 0 Å². The molecular formula is C23H33N3O3. The van der Waals surface area contributed by atoms with Crippen LogP contribution in [-0.2, 0) is 7.05 Å². The van der Waals surface area contributed by atoms with Gasteiger partial charge < -0.3 is 23.8 Å². The minimum Gasteiger partial charge on any atom is -0.497 e. The van der Waals surface area contributed by atoms with Crippen LogP contribution in [0.15, 0.2) is 18.2 Å². The predicted molar refractivity (Wildman–Crippen MR) is 115 cm³/mol. The molecule has 6 heteroatoms. The number of aryl methyl sites for hydroxylation is 1. The SMILES string of the molecule is COc1cc(OC)c2cc(C(=O)N(C)CC3CCCN4CCCCC34)n(C)c2c1. The van der Waals surface area contributed by atoms with Crippen molar-refractivity contribution in [3.8, 4) is 11.5 Å². The first kappa shape index (κ1) is 20.1. The normalized spacial score (nSPS) is 22.3. The molecule has 0 bridgehead atoms. The van der Waals surface area contributed by atoms with E-state index in [2.05, 4.69) is 4.90 Å². The van der Waals surface area contributed by atoms with Gasteiger partial charge in [0.2, 0.25) is 0 Å². The highest BCUT2D eigenvalue weighted by Crippen LogP contribution is 2.34. The van der Waals surface area contributed by atoms with Crippen molar-refractivity contribution in [2.24, 2.45) is 13.0 Å². The van der Waals surface area contributed by atoms with E-state index in [1.165, 1.54) is 45.2 Å². The Bertz CT molecular complexity index is 889. The van der Waals surface area contributed by atoms with E-state index in [1.807, 2.05) is 41.8 Å². The maximum atomic E-state index is 13.3. The van der Waals surface area contributed by atoms with E-state index < -0.39 is 0 Å². The van der Waals surface area contributed by atoms with Crippen LogP contribution in [0.1, 0.15) is 42.6 Å². The minimum atomic E-state index is 0.0673. The lowest BCUT2D eigenvalue weighted by Crippen LogP contribution is -2.51. The molecule has 2 aliphatic rings. The van der Waals surface area contributed by atoms with Gasteiger partial charge in [0, 0.05) is 44.2 Å². The Balaban J connectivity index is 1.57.